The molecule has 4 rings (SSSR count). The topological polar surface area (TPSA) is 58.4 Å². The van der Waals surface area contributed by atoms with Gasteiger partial charge in [-0.1, -0.05) is 29.8 Å². The molecular weight excluding hydrogens is 435 g/mol. The van der Waals surface area contributed by atoms with E-state index in [-0.39, 0.29) is 21.5 Å². The fourth-order valence-electron chi connectivity index (χ4n) is 3.55. The third-order valence-electron chi connectivity index (χ3n) is 5.02. The highest BCUT2D eigenvalue weighted by Gasteiger charge is 2.25. The Bertz CT molecular complexity index is 1170. The van der Waals surface area contributed by atoms with Gasteiger partial charge in [0.15, 0.2) is 0 Å². The highest BCUT2D eigenvalue weighted by Crippen LogP contribution is 2.43. The monoisotopic (exact) mass is 449 g/mol. The number of imidazole rings is 1. The molecule has 1 aliphatic rings. The molecule has 2 aromatic carbocycles. The van der Waals surface area contributed by atoms with Gasteiger partial charge in [0, 0.05) is 24.2 Å². The number of phenolic OH excluding ortho intramolecular Hbond substituents is 1. The number of aromatic nitrogens is 2. The molecule has 1 amide bonds. The first-order chi connectivity index (χ1) is 14.3. The summed E-state index contributed by atoms with van der Waals surface area (Å²) in [5, 5.41) is 9.93. The zero-order valence-corrected chi connectivity index (χ0v) is 17.0. The van der Waals surface area contributed by atoms with Crippen LogP contribution in [0.4, 0.5) is 8.78 Å². The van der Waals surface area contributed by atoms with Crippen LogP contribution >= 0.6 is 23.2 Å². The second-order valence-electron chi connectivity index (χ2n) is 6.74. The summed E-state index contributed by atoms with van der Waals surface area (Å²) in [5.41, 5.74) is 0.369. The van der Waals surface area contributed by atoms with Crippen LogP contribution in [0.1, 0.15) is 5.82 Å². The van der Waals surface area contributed by atoms with Gasteiger partial charge in [0.2, 0.25) is 5.91 Å². The van der Waals surface area contributed by atoms with Crippen molar-refractivity contribution in [1.82, 2.24) is 14.5 Å². The first-order valence-electron chi connectivity index (χ1n) is 8.94. The average molecular weight is 450 g/mol. The molecule has 30 heavy (non-hydrogen) atoms. The molecule has 1 aliphatic heterocycles. The van der Waals surface area contributed by atoms with Gasteiger partial charge < -0.3 is 14.6 Å². The second-order valence-corrected chi connectivity index (χ2v) is 7.56. The third kappa shape index (κ3) is 3.34. The molecule has 154 valence electrons. The van der Waals surface area contributed by atoms with Crippen molar-refractivity contribution in [3.63, 3.8) is 0 Å². The van der Waals surface area contributed by atoms with Gasteiger partial charge in [0.25, 0.3) is 0 Å². The molecule has 9 heteroatoms. The van der Waals surface area contributed by atoms with Crippen LogP contribution in [-0.4, -0.2) is 32.0 Å². The van der Waals surface area contributed by atoms with Gasteiger partial charge in [-0.15, -0.1) is 0 Å². The zero-order chi connectivity index (χ0) is 21.6. The predicted octanol–water partition coefficient (Wildman–Crippen LogP) is 5.04. The molecule has 1 N–H and O–H groups in total. The van der Waals surface area contributed by atoms with Gasteiger partial charge in [-0.25, -0.2) is 13.8 Å². The van der Waals surface area contributed by atoms with Crippen LogP contribution in [0.15, 0.2) is 43.1 Å². The first kappa shape index (κ1) is 20.4. The molecule has 0 bridgehead atoms. The van der Waals surface area contributed by atoms with E-state index in [2.05, 4.69) is 11.6 Å². The lowest BCUT2D eigenvalue weighted by molar-refractivity contribution is -0.127. The van der Waals surface area contributed by atoms with Crippen LogP contribution in [0.2, 0.25) is 10.0 Å². The van der Waals surface area contributed by atoms with Crippen molar-refractivity contribution in [1.29, 1.82) is 0 Å². The fraction of sp³-hybridized carbons (Fsp3) is 0.143. The van der Waals surface area contributed by atoms with Gasteiger partial charge in [-0.05, 0) is 30.3 Å². The van der Waals surface area contributed by atoms with Crippen molar-refractivity contribution in [3.8, 4) is 28.1 Å². The van der Waals surface area contributed by atoms with E-state index >= 15 is 4.39 Å². The summed E-state index contributed by atoms with van der Waals surface area (Å²) in [5.74, 6) is -1.79. The van der Waals surface area contributed by atoms with E-state index < -0.39 is 22.9 Å². The minimum atomic E-state index is -0.848. The fourth-order valence-corrected chi connectivity index (χ4v) is 4.01. The predicted molar refractivity (Wildman–Crippen MR) is 110 cm³/mol. The normalized spacial score (nSPS) is 13.3. The Morgan fingerprint density at radius 3 is 2.60 bits per heavy atom. The van der Waals surface area contributed by atoms with Gasteiger partial charge in [-0.2, -0.15) is 0 Å². The lowest BCUT2D eigenvalue weighted by atomic mass is 10.00. The maximum atomic E-state index is 15.0. The molecular formula is C21H15Cl2F2N3O2. The number of hydrogen-bond acceptors (Lipinski definition) is 3. The molecule has 2 heterocycles. The smallest absolute Gasteiger partial charge is 0.246 e. The van der Waals surface area contributed by atoms with E-state index in [1.165, 1.54) is 24.3 Å². The van der Waals surface area contributed by atoms with Gasteiger partial charge in [0.1, 0.15) is 23.2 Å². The highest BCUT2D eigenvalue weighted by molar-refractivity contribution is 6.35. The Kier molecular flexibility index (Phi) is 5.26. The van der Waals surface area contributed by atoms with Gasteiger partial charge in [-0.3, -0.25) is 4.79 Å². The second kappa shape index (κ2) is 7.74. The van der Waals surface area contributed by atoms with E-state index in [0.717, 1.165) is 6.07 Å². The molecule has 0 aliphatic carbocycles. The van der Waals surface area contributed by atoms with Gasteiger partial charge >= 0.3 is 0 Å². The maximum Gasteiger partial charge on any atom is 0.246 e. The Morgan fingerprint density at radius 2 is 1.90 bits per heavy atom. The number of carbonyl (C=O) groups excluding carboxylic acids is 1. The number of fused-ring (bicyclic) bond motifs is 1. The van der Waals surface area contributed by atoms with Crippen LogP contribution in [0.3, 0.4) is 0 Å². The number of halogens is 4. The van der Waals surface area contributed by atoms with Crippen LogP contribution in [0.5, 0.6) is 5.75 Å². The standard InChI is InChI=1S/C21H15Cl2F2N3O2/c1-2-18(29)27-5-6-28-16(9-26-17(28)10-27)11-7-13(23)19(15(25)8-11)20-14(24)4-3-12(22)21(20)30/h2-4,7-9,30H,1,5-6,10H2. The average Bonchev–Trinajstić information content (AvgIpc) is 3.15. The third-order valence-corrected chi connectivity index (χ3v) is 5.62. The summed E-state index contributed by atoms with van der Waals surface area (Å²) in [4.78, 5) is 17.8. The minimum absolute atomic E-state index is 0.0868. The first-order valence-corrected chi connectivity index (χ1v) is 9.70. The van der Waals surface area contributed by atoms with Crippen LogP contribution < -0.4 is 0 Å². The van der Waals surface area contributed by atoms with Crippen molar-refractivity contribution in [2.24, 2.45) is 0 Å². The lowest BCUT2D eigenvalue weighted by Crippen LogP contribution is -2.37. The summed E-state index contributed by atoms with van der Waals surface area (Å²) < 4.78 is 31.2. The Morgan fingerprint density at radius 1 is 1.13 bits per heavy atom. The molecule has 0 radical (unpaired) electrons. The number of rotatable bonds is 3. The molecule has 0 unspecified atom stereocenters. The number of amides is 1. The number of hydrogen-bond donors (Lipinski definition) is 1. The number of phenols is 1. The Balaban J connectivity index is 1.77. The molecule has 1 aromatic heterocycles. The molecule has 0 atom stereocenters. The van der Waals surface area contributed by atoms with Crippen molar-refractivity contribution in [2.45, 2.75) is 13.1 Å². The van der Waals surface area contributed by atoms with Gasteiger partial charge in [0.05, 0.1) is 34.0 Å². The van der Waals surface area contributed by atoms with Crippen LogP contribution in [0, 0.1) is 11.6 Å². The molecule has 0 saturated carbocycles. The molecule has 0 spiro atoms. The van der Waals surface area contributed by atoms with E-state index in [4.69, 9.17) is 23.2 Å². The number of benzene rings is 2. The van der Waals surface area contributed by atoms with E-state index in [1.54, 1.807) is 11.1 Å². The van der Waals surface area contributed by atoms with Crippen molar-refractivity contribution < 1.29 is 18.7 Å². The summed E-state index contributed by atoms with van der Waals surface area (Å²) in [6.45, 7) is 4.72. The van der Waals surface area contributed by atoms with E-state index in [1.807, 2.05) is 4.57 Å². The Labute approximate surface area is 180 Å². The van der Waals surface area contributed by atoms with Crippen LogP contribution in [0.25, 0.3) is 22.4 Å². The van der Waals surface area contributed by atoms with Crippen LogP contribution in [-0.2, 0) is 17.9 Å². The number of carbonyl (C=O) groups is 1. The zero-order valence-electron chi connectivity index (χ0n) is 15.5. The quantitative estimate of drug-likeness (QED) is 0.570. The Hall–Kier alpha value is -2.90. The molecule has 0 fully saturated rings. The highest BCUT2D eigenvalue weighted by atomic mass is 35.5. The van der Waals surface area contributed by atoms with Crippen molar-refractivity contribution >= 4 is 29.1 Å². The SMILES string of the molecule is C=CC(=O)N1CCn2c(-c3cc(F)c(-c4c(F)ccc(Cl)c4O)c(Cl)c3)cnc2C1. The number of nitrogens with zero attached hydrogens (tertiary/aromatic N) is 3. The summed E-state index contributed by atoms with van der Waals surface area (Å²) in [6, 6.07) is 4.89. The number of aromatic hydroxyl groups is 1. The lowest BCUT2D eigenvalue weighted by Gasteiger charge is -2.27. The maximum absolute atomic E-state index is 15.0. The van der Waals surface area contributed by atoms with Crippen molar-refractivity contribution in [3.05, 3.63) is 70.6 Å². The molecule has 5 nitrogen and oxygen atoms in total. The largest absolute Gasteiger partial charge is 0.506 e. The summed E-state index contributed by atoms with van der Waals surface area (Å²) >= 11 is 12.1. The summed E-state index contributed by atoms with van der Waals surface area (Å²) in [6.07, 6.45) is 2.82. The van der Waals surface area contributed by atoms with Crippen molar-refractivity contribution in [2.75, 3.05) is 6.54 Å². The minimum Gasteiger partial charge on any atom is -0.506 e. The molecule has 0 saturated heterocycles. The summed E-state index contributed by atoms with van der Waals surface area (Å²) in [7, 11) is 0. The molecule has 3 aromatic rings. The van der Waals surface area contributed by atoms with E-state index in [9.17, 15) is 14.3 Å². The van der Waals surface area contributed by atoms with E-state index in [0.29, 0.717) is 36.7 Å².